The Hall–Kier alpha value is -3.13. The van der Waals surface area contributed by atoms with Crippen LogP contribution >= 0.6 is 24.0 Å². The third kappa shape index (κ3) is 6.68. The summed E-state index contributed by atoms with van der Waals surface area (Å²) in [5.74, 6) is 0.657. The summed E-state index contributed by atoms with van der Waals surface area (Å²) < 4.78 is 14.7. The lowest BCUT2D eigenvalue weighted by molar-refractivity contribution is 0.627. The Bertz CT molecular complexity index is 1060. The lowest BCUT2D eigenvalue weighted by Gasteiger charge is -2.11. The number of aryl methyl sites for hydroxylation is 1. The molecular weight excluding hydrogens is 520 g/mol. The molecule has 0 fully saturated rings. The number of nitrogens with zero attached hydrogens (tertiary/aromatic N) is 4. The molecule has 4 N–H and O–H groups in total. The summed E-state index contributed by atoms with van der Waals surface area (Å²) in [6, 6.07) is 18.0. The van der Waals surface area contributed by atoms with Crippen LogP contribution < -0.4 is 16.4 Å². The molecule has 0 spiro atoms. The Morgan fingerprint density at radius 2 is 1.88 bits per heavy atom. The first-order chi connectivity index (χ1) is 15.1. The van der Waals surface area contributed by atoms with Crippen molar-refractivity contribution < 1.29 is 4.39 Å². The van der Waals surface area contributed by atoms with Gasteiger partial charge in [-0.15, -0.1) is 24.0 Å². The number of guanidine groups is 1. The number of anilines is 1. The van der Waals surface area contributed by atoms with Gasteiger partial charge in [-0.2, -0.15) is 10.4 Å². The van der Waals surface area contributed by atoms with Gasteiger partial charge < -0.3 is 16.4 Å². The second-order valence-electron chi connectivity index (χ2n) is 6.92. The zero-order valence-corrected chi connectivity index (χ0v) is 20.2. The quantitative estimate of drug-likeness (QED) is 0.173. The normalized spacial score (nSPS) is 10.8. The van der Waals surface area contributed by atoms with Gasteiger partial charge in [0.2, 0.25) is 0 Å². The van der Waals surface area contributed by atoms with Crippen LogP contribution in [-0.2, 0) is 13.0 Å². The Morgan fingerprint density at radius 3 is 2.53 bits per heavy atom. The summed E-state index contributed by atoms with van der Waals surface area (Å²) in [5, 5.41) is 20.5. The Labute approximate surface area is 204 Å². The summed E-state index contributed by atoms with van der Waals surface area (Å²) in [6.45, 7) is 4.03. The number of aliphatic imine (C=N–C) groups is 1. The number of nitrogen functional groups attached to an aromatic ring is 1. The molecule has 7 nitrogen and oxygen atoms in total. The van der Waals surface area contributed by atoms with E-state index < -0.39 is 0 Å². The highest BCUT2D eigenvalue weighted by atomic mass is 127. The average molecular weight is 547 g/mol. The number of nitrogens with one attached hydrogen (secondary N) is 2. The van der Waals surface area contributed by atoms with Crippen LogP contribution in [0.3, 0.4) is 0 Å². The first-order valence-electron chi connectivity index (χ1n) is 10.2. The molecule has 9 heteroatoms. The molecule has 0 bridgehead atoms. The van der Waals surface area contributed by atoms with Gasteiger partial charge in [0.1, 0.15) is 23.3 Å². The van der Waals surface area contributed by atoms with Gasteiger partial charge in [0, 0.05) is 13.1 Å². The Morgan fingerprint density at radius 1 is 1.16 bits per heavy atom. The minimum atomic E-state index is -0.341. The average Bonchev–Trinajstić information content (AvgIpc) is 3.11. The van der Waals surface area contributed by atoms with Crippen LogP contribution in [0, 0.1) is 17.1 Å². The van der Waals surface area contributed by atoms with Gasteiger partial charge in [0.25, 0.3) is 0 Å². The predicted octanol–water partition coefficient (Wildman–Crippen LogP) is 3.77. The van der Waals surface area contributed by atoms with E-state index in [1.165, 1.54) is 16.8 Å². The molecule has 3 aromatic rings. The smallest absolute Gasteiger partial charge is 0.191 e. The van der Waals surface area contributed by atoms with E-state index in [0.29, 0.717) is 36.5 Å². The first kappa shape index (κ1) is 25.1. The first-order valence-corrected chi connectivity index (χ1v) is 10.2. The van der Waals surface area contributed by atoms with Crippen LogP contribution in [-0.4, -0.2) is 28.8 Å². The maximum Gasteiger partial charge on any atom is 0.191 e. The fourth-order valence-electron chi connectivity index (χ4n) is 3.11. The molecule has 168 valence electrons. The molecule has 0 amide bonds. The highest BCUT2D eigenvalue weighted by Gasteiger charge is 2.16. The van der Waals surface area contributed by atoms with Crippen molar-refractivity contribution in [3.8, 4) is 11.8 Å². The number of nitriles is 1. The molecule has 0 aliphatic carbocycles. The van der Waals surface area contributed by atoms with Gasteiger partial charge >= 0.3 is 0 Å². The molecule has 3 rings (SSSR count). The van der Waals surface area contributed by atoms with E-state index >= 15 is 0 Å². The van der Waals surface area contributed by atoms with Gasteiger partial charge in [-0.25, -0.2) is 14.1 Å². The van der Waals surface area contributed by atoms with Crippen LogP contribution in [0.15, 0.2) is 59.6 Å². The summed E-state index contributed by atoms with van der Waals surface area (Å²) in [4.78, 5) is 4.60. The summed E-state index contributed by atoms with van der Waals surface area (Å²) in [5.41, 5.74) is 8.84. The van der Waals surface area contributed by atoms with Crippen LogP contribution in [0.5, 0.6) is 0 Å². The van der Waals surface area contributed by atoms with Crippen molar-refractivity contribution in [2.45, 2.75) is 26.3 Å². The van der Waals surface area contributed by atoms with Gasteiger partial charge in [-0.1, -0.05) is 30.3 Å². The lowest BCUT2D eigenvalue weighted by Crippen LogP contribution is -2.37. The minimum Gasteiger partial charge on any atom is -0.382 e. The zero-order valence-electron chi connectivity index (χ0n) is 17.9. The zero-order chi connectivity index (χ0) is 22.1. The van der Waals surface area contributed by atoms with E-state index in [4.69, 9.17) is 5.73 Å². The molecule has 0 atom stereocenters. The van der Waals surface area contributed by atoms with Crippen LogP contribution in [0.2, 0.25) is 0 Å². The van der Waals surface area contributed by atoms with Crippen molar-refractivity contribution >= 4 is 35.8 Å². The molecule has 1 heterocycles. The Kier molecular flexibility index (Phi) is 9.94. The summed E-state index contributed by atoms with van der Waals surface area (Å²) in [7, 11) is 0. The molecule has 0 saturated heterocycles. The van der Waals surface area contributed by atoms with E-state index in [0.717, 1.165) is 24.5 Å². The molecule has 2 aromatic carbocycles. The molecule has 0 radical (unpaired) electrons. The highest BCUT2D eigenvalue weighted by Crippen LogP contribution is 2.21. The monoisotopic (exact) mass is 547 g/mol. The number of halogens is 2. The van der Waals surface area contributed by atoms with E-state index in [-0.39, 0.29) is 35.6 Å². The molecular formula is C23H27FIN7. The standard InChI is InChI=1S/C23H26FN7.HI/c1-2-27-23(29-16-17-7-4-3-5-8-17)28-14-6-9-21-20(15-25)22(26)31(30-21)19-12-10-18(24)11-13-19;/h3-5,7-8,10-13H,2,6,9,14,16,26H2,1H3,(H2,27,28,29);1H. The summed E-state index contributed by atoms with van der Waals surface area (Å²) >= 11 is 0. The van der Waals surface area contributed by atoms with Crippen molar-refractivity contribution in [2.75, 3.05) is 18.8 Å². The third-order valence-corrected chi connectivity index (χ3v) is 4.67. The number of aromatic nitrogens is 2. The fourth-order valence-corrected chi connectivity index (χ4v) is 3.11. The van der Waals surface area contributed by atoms with E-state index in [1.54, 1.807) is 12.1 Å². The van der Waals surface area contributed by atoms with Crippen molar-refractivity contribution in [3.05, 3.63) is 77.2 Å². The van der Waals surface area contributed by atoms with Gasteiger partial charge in [0.05, 0.1) is 17.9 Å². The largest absolute Gasteiger partial charge is 0.382 e. The summed E-state index contributed by atoms with van der Waals surface area (Å²) in [6.07, 6.45) is 1.32. The van der Waals surface area contributed by atoms with Crippen LogP contribution in [0.25, 0.3) is 5.69 Å². The van der Waals surface area contributed by atoms with Gasteiger partial charge in [-0.3, -0.25) is 0 Å². The van der Waals surface area contributed by atoms with Crippen molar-refractivity contribution in [3.63, 3.8) is 0 Å². The van der Waals surface area contributed by atoms with Crippen LogP contribution in [0.1, 0.15) is 30.2 Å². The molecule has 0 aliphatic rings. The van der Waals surface area contributed by atoms with Crippen molar-refractivity contribution in [2.24, 2.45) is 4.99 Å². The maximum atomic E-state index is 13.2. The topological polar surface area (TPSA) is 104 Å². The number of benzene rings is 2. The number of nitrogens with two attached hydrogens (primary N) is 1. The molecule has 0 saturated carbocycles. The Balaban J connectivity index is 0.00000363. The fraction of sp³-hybridized carbons (Fsp3) is 0.261. The second-order valence-corrected chi connectivity index (χ2v) is 6.92. The maximum absolute atomic E-state index is 13.2. The van der Waals surface area contributed by atoms with Crippen molar-refractivity contribution in [1.82, 2.24) is 20.4 Å². The second kappa shape index (κ2) is 12.7. The highest BCUT2D eigenvalue weighted by molar-refractivity contribution is 14.0. The molecule has 1 aromatic heterocycles. The lowest BCUT2D eigenvalue weighted by atomic mass is 10.1. The van der Waals surface area contributed by atoms with E-state index in [1.807, 2.05) is 37.3 Å². The molecule has 0 aliphatic heterocycles. The van der Waals surface area contributed by atoms with E-state index in [9.17, 15) is 9.65 Å². The molecule has 0 unspecified atom stereocenters. The number of hydrogen-bond acceptors (Lipinski definition) is 4. The van der Waals surface area contributed by atoms with E-state index in [2.05, 4.69) is 26.8 Å². The van der Waals surface area contributed by atoms with Gasteiger partial charge in [-0.05, 0) is 49.6 Å². The minimum absolute atomic E-state index is 0. The molecule has 32 heavy (non-hydrogen) atoms. The van der Waals surface area contributed by atoms with Crippen molar-refractivity contribution in [1.29, 1.82) is 5.26 Å². The predicted molar refractivity (Wildman–Crippen MR) is 136 cm³/mol. The third-order valence-electron chi connectivity index (χ3n) is 4.67. The number of hydrogen-bond donors (Lipinski definition) is 3. The van der Waals surface area contributed by atoms with Gasteiger partial charge in [0.15, 0.2) is 5.96 Å². The number of rotatable bonds is 8. The SMILES string of the molecule is CCNC(=NCc1ccccc1)NCCCc1nn(-c2ccc(F)cc2)c(N)c1C#N.I. The van der Waals surface area contributed by atoms with Crippen LogP contribution in [0.4, 0.5) is 10.2 Å².